The number of rotatable bonds is 4. The lowest BCUT2D eigenvalue weighted by atomic mass is 10.2. The normalized spacial score (nSPS) is 10.5. The second-order valence-electron chi connectivity index (χ2n) is 3.35. The van der Waals surface area contributed by atoms with Crippen molar-refractivity contribution in [1.82, 2.24) is 4.98 Å². The highest BCUT2D eigenvalue weighted by molar-refractivity contribution is 5.79. The summed E-state index contributed by atoms with van der Waals surface area (Å²) < 4.78 is 5.55. The van der Waals surface area contributed by atoms with E-state index in [-0.39, 0.29) is 0 Å². The van der Waals surface area contributed by atoms with Crippen molar-refractivity contribution in [2.45, 2.75) is 6.42 Å². The van der Waals surface area contributed by atoms with Gasteiger partial charge >= 0.3 is 0 Å². The molecule has 0 amide bonds. The SMILES string of the molecule is NCCCOc1ccc2ncccc2c1. The number of ether oxygens (including phenoxy) is 1. The number of benzene rings is 1. The van der Waals surface area contributed by atoms with E-state index in [9.17, 15) is 0 Å². The molecule has 1 aromatic heterocycles. The van der Waals surface area contributed by atoms with Crippen LogP contribution in [0.5, 0.6) is 5.75 Å². The van der Waals surface area contributed by atoms with Crippen LogP contribution in [0.15, 0.2) is 36.5 Å². The maximum atomic E-state index is 5.55. The van der Waals surface area contributed by atoms with Gasteiger partial charge in [-0.3, -0.25) is 4.98 Å². The van der Waals surface area contributed by atoms with Gasteiger partial charge in [0.05, 0.1) is 12.1 Å². The van der Waals surface area contributed by atoms with E-state index >= 15 is 0 Å². The van der Waals surface area contributed by atoms with Crippen molar-refractivity contribution in [3.05, 3.63) is 36.5 Å². The van der Waals surface area contributed by atoms with Gasteiger partial charge < -0.3 is 10.5 Å². The van der Waals surface area contributed by atoms with E-state index in [4.69, 9.17) is 10.5 Å². The fraction of sp³-hybridized carbons (Fsp3) is 0.250. The van der Waals surface area contributed by atoms with Crippen LogP contribution >= 0.6 is 0 Å². The summed E-state index contributed by atoms with van der Waals surface area (Å²) >= 11 is 0. The first-order valence-electron chi connectivity index (χ1n) is 5.08. The fourth-order valence-corrected chi connectivity index (χ4v) is 1.42. The first-order chi connectivity index (χ1) is 7.40. The van der Waals surface area contributed by atoms with Gasteiger partial charge in [0.15, 0.2) is 0 Å². The molecule has 0 atom stereocenters. The fourth-order valence-electron chi connectivity index (χ4n) is 1.42. The third kappa shape index (κ3) is 2.44. The van der Waals surface area contributed by atoms with E-state index in [1.807, 2.05) is 30.3 Å². The first kappa shape index (κ1) is 9.93. The second kappa shape index (κ2) is 4.75. The molecule has 78 valence electrons. The maximum Gasteiger partial charge on any atom is 0.120 e. The molecule has 15 heavy (non-hydrogen) atoms. The van der Waals surface area contributed by atoms with Crippen molar-refractivity contribution in [3.63, 3.8) is 0 Å². The molecule has 1 heterocycles. The zero-order valence-electron chi connectivity index (χ0n) is 8.52. The minimum absolute atomic E-state index is 0.662. The number of pyridine rings is 1. The molecule has 0 unspecified atom stereocenters. The summed E-state index contributed by atoms with van der Waals surface area (Å²) in [7, 11) is 0. The number of nitrogens with two attached hydrogens (primary N) is 1. The lowest BCUT2D eigenvalue weighted by Crippen LogP contribution is -2.05. The van der Waals surface area contributed by atoms with Gasteiger partial charge in [-0.1, -0.05) is 6.07 Å². The van der Waals surface area contributed by atoms with Gasteiger partial charge in [0.1, 0.15) is 5.75 Å². The molecular formula is C12H14N2O. The lowest BCUT2D eigenvalue weighted by Gasteiger charge is -2.05. The highest BCUT2D eigenvalue weighted by Crippen LogP contribution is 2.18. The summed E-state index contributed by atoms with van der Waals surface area (Å²) in [5, 5.41) is 1.10. The van der Waals surface area contributed by atoms with Gasteiger partial charge in [-0.15, -0.1) is 0 Å². The van der Waals surface area contributed by atoms with Crippen LogP contribution < -0.4 is 10.5 Å². The summed E-state index contributed by atoms with van der Waals surface area (Å²) in [6.07, 6.45) is 2.67. The highest BCUT2D eigenvalue weighted by atomic mass is 16.5. The Morgan fingerprint density at radius 1 is 1.27 bits per heavy atom. The molecule has 2 aromatic rings. The average molecular weight is 202 g/mol. The van der Waals surface area contributed by atoms with Crippen molar-refractivity contribution in [1.29, 1.82) is 0 Å². The number of aromatic nitrogens is 1. The van der Waals surface area contributed by atoms with E-state index < -0.39 is 0 Å². The molecule has 2 rings (SSSR count). The zero-order chi connectivity index (χ0) is 10.5. The molecule has 0 aliphatic carbocycles. The summed E-state index contributed by atoms with van der Waals surface area (Å²) in [5.74, 6) is 0.879. The molecule has 0 spiro atoms. The van der Waals surface area contributed by atoms with Crippen molar-refractivity contribution >= 4 is 10.9 Å². The predicted molar refractivity (Wildman–Crippen MR) is 60.9 cm³/mol. The Bertz CT molecular complexity index is 442. The standard InChI is InChI=1S/C12H14N2O/c13-6-2-8-15-11-4-5-12-10(9-11)3-1-7-14-12/h1,3-5,7,9H,2,6,8,13H2. The van der Waals surface area contributed by atoms with Gasteiger partial charge in [0, 0.05) is 11.6 Å². The van der Waals surface area contributed by atoms with Gasteiger partial charge in [0.25, 0.3) is 0 Å². The number of hydrogen-bond acceptors (Lipinski definition) is 3. The van der Waals surface area contributed by atoms with Crippen LogP contribution in [0.2, 0.25) is 0 Å². The lowest BCUT2D eigenvalue weighted by molar-refractivity contribution is 0.314. The molecule has 0 aliphatic heterocycles. The molecule has 0 fully saturated rings. The Hall–Kier alpha value is -1.61. The minimum Gasteiger partial charge on any atom is -0.494 e. The second-order valence-corrected chi connectivity index (χ2v) is 3.35. The Morgan fingerprint density at radius 3 is 3.07 bits per heavy atom. The number of nitrogens with zero attached hydrogens (tertiary/aromatic N) is 1. The van der Waals surface area contributed by atoms with Gasteiger partial charge in [-0.2, -0.15) is 0 Å². The van der Waals surface area contributed by atoms with E-state index in [0.29, 0.717) is 13.2 Å². The van der Waals surface area contributed by atoms with E-state index in [0.717, 1.165) is 23.1 Å². The summed E-state index contributed by atoms with van der Waals surface area (Å²) in [6, 6.07) is 9.85. The molecule has 3 heteroatoms. The quantitative estimate of drug-likeness (QED) is 0.771. The predicted octanol–water partition coefficient (Wildman–Crippen LogP) is 1.96. The molecule has 0 radical (unpaired) electrons. The Balaban J connectivity index is 2.16. The molecule has 0 aliphatic rings. The van der Waals surface area contributed by atoms with Crippen LogP contribution in [0.1, 0.15) is 6.42 Å². The van der Waals surface area contributed by atoms with Crippen LogP contribution in [0.25, 0.3) is 10.9 Å². The van der Waals surface area contributed by atoms with Crippen molar-refractivity contribution in [2.75, 3.05) is 13.2 Å². The Labute approximate surface area is 88.9 Å². The molecule has 2 N–H and O–H groups in total. The molecule has 0 bridgehead atoms. The van der Waals surface area contributed by atoms with Crippen LogP contribution in [0, 0.1) is 0 Å². The zero-order valence-corrected chi connectivity index (χ0v) is 8.52. The van der Waals surface area contributed by atoms with Crippen molar-refractivity contribution in [2.24, 2.45) is 5.73 Å². The van der Waals surface area contributed by atoms with E-state index in [1.54, 1.807) is 6.20 Å². The van der Waals surface area contributed by atoms with Gasteiger partial charge in [0.2, 0.25) is 0 Å². The Kier molecular flexibility index (Phi) is 3.15. The molecule has 0 saturated heterocycles. The van der Waals surface area contributed by atoms with Crippen LogP contribution in [0.4, 0.5) is 0 Å². The van der Waals surface area contributed by atoms with Gasteiger partial charge in [-0.25, -0.2) is 0 Å². The van der Waals surface area contributed by atoms with Gasteiger partial charge in [-0.05, 0) is 37.2 Å². The topological polar surface area (TPSA) is 48.1 Å². The third-order valence-electron chi connectivity index (χ3n) is 2.19. The maximum absolute atomic E-state index is 5.55. The Morgan fingerprint density at radius 2 is 2.20 bits per heavy atom. The summed E-state index contributed by atoms with van der Waals surface area (Å²) in [5.41, 5.74) is 6.38. The van der Waals surface area contributed by atoms with Crippen LogP contribution in [-0.4, -0.2) is 18.1 Å². The highest BCUT2D eigenvalue weighted by Gasteiger charge is 1.97. The van der Waals surface area contributed by atoms with E-state index in [2.05, 4.69) is 4.98 Å². The third-order valence-corrected chi connectivity index (χ3v) is 2.19. The van der Waals surface area contributed by atoms with Crippen molar-refractivity contribution < 1.29 is 4.74 Å². The molecule has 0 saturated carbocycles. The summed E-state index contributed by atoms with van der Waals surface area (Å²) in [6.45, 7) is 1.33. The van der Waals surface area contributed by atoms with Crippen LogP contribution in [0.3, 0.4) is 0 Å². The molecular weight excluding hydrogens is 188 g/mol. The minimum atomic E-state index is 0.662. The van der Waals surface area contributed by atoms with Crippen LogP contribution in [-0.2, 0) is 0 Å². The molecule has 3 nitrogen and oxygen atoms in total. The molecule has 1 aromatic carbocycles. The van der Waals surface area contributed by atoms with E-state index in [1.165, 1.54) is 0 Å². The number of hydrogen-bond donors (Lipinski definition) is 1. The van der Waals surface area contributed by atoms with Crippen molar-refractivity contribution in [3.8, 4) is 5.75 Å². The average Bonchev–Trinajstić information content (AvgIpc) is 2.29. The largest absolute Gasteiger partial charge is 0.494 e. The number of fused-ring (bicyclic) bond motifs is 1. The summed E-state index contributed by atoms with van der Waals surface area (Å²) in [4.78, 5) is 4.24. The first-order valence-corrected chi connectivity index (χ1v) is 5.08. The smallest absolute Gasteiger partial charge is 0.120 e. The monoisotopic (exact) mass is 202 g/mol.